The van der Waals surface area contributed by atoms with Crippen LogP contribution in [0.1, 0.15) is 44.2 Å². The highest BCUT2D eigenvalue weighted by atomic mass is 16.5. The van der Waals surface area contributed by atoms with Gasteiger partial charge in [-0.25, -0.2) is 9.59 Å². The van der Waals surface area contributed by atoms with Crippen molar-refractivity contribution in [2.75, 3.05) is 0 Å². The summed E-state index contributed by atoms with van der Waals surface area (Å²) < 4.78 is 11.0. The molecule has 1 amide bonds. The fraction of sp³-hybridized carbons (Fsp3) is 0.450. The molecule has 144 valence electrons. The molecule has 0 spiro atoms. The number of carbonyl (C=O) groups excluding carboxylic acids is 1. The standard InChI is InChI=1S/C20H23NO6/c1-3-5-16(19(23)24)21-18(22)11(2)26-12-8-9-14-13-6-4-7-15(13)20(25)27-17(14)10-12/h8-11,16H,3-7H2,1-2H3,(H,21,22)(H,23,24)/t11-,16-/m0/s1. The minimum Gasteiger partial charge on any atom is -0.481 e. The van der Waals surface area contributed by atoms with Crippen LogP contribution in [0.2, 0.25) is 0 Å². The molecule has 0 bridgehead atoms. The largest absolute Gasteiger partial charge is 0.481 e. The molecule has 27 heavy (non-hydrogen) atoms. The minimum atomic E-state index is -1.07. The molecule has 1 heterocycles. The molecule has 0 fully saturated rings. The van der Waals surface area contributed by atoms with Gasteiger partial charge < -0.3 is 19.6 Å². The fourth-order valence-electron chi connectivity index (χ4n) is 3.43. The van der Waals surface area contributed by atoms with Gasteiger partial charge in [0.1, 0.15) is 17.4 Å². The molecular formula is C20H23NO6. The number of nitrogens with one attached hydrogen (secondary N) is 1. The SMILES string of the molecule is CCC[C@H](NC(=O)[C@H](C)Oc1ccc2c3c(c(=O)oc2c1)CCC3)C(=O)O. The molecular weight excluding hydrogens is 350 g/mol. The van der Waals surface area contributed by atoms with E-state index in [0.29, 0.717) is 24.2 Å². The molecule has 0 aliphatic heterocycles. The van der Waals surface area contributed by atoms with Crippen LogP contribution in [0.4, 0.5) is 0 Å². The zero-order valence-corrected chi connectivity index (χ0v) is 15.4. The maximum Gasteiger partial charge on any atom is 0.339 e. The van der Waals surface area contributed by atoms with Crippen molar-refractivity contribution in [2.24, 2.45) is 0 Å². The summed E-state index contributed by atoms with van der Waals surface area (Å²) in [5.74, 6) is -1.20. The number of aliphatic carboxylic acids is 1. The van der Waals surface area contributed by atoms with Gasteiger partial charge in [-0.2, -0.15) is 0 Å². The number of carbonyl (C=O) groups is 2. The average molecular weight is 373 g/mol. The number of hydrogen-bond donors (Lipinski definition) is 2. The van der Waals surface area contributed by atoms with E-state index in [-0.39, 0.29) is 5.63 Å². The summed E-state index contributed by atoms with van der Waals surface area (Å²) in [6, 6.07) is 4.22. The van der Waals surface area contributed by atoms with Crippen molar-refractivity contribution < 1.29 is 23.8 Å². The minimum absolute atomic E-state index is 0.318. The zero-order chi connectivity index (χ0) is 19.6. The van der Waals surface area contributed by atoms with E-state index in [9.17, 15) is 14.4 Å². The van der Waals surface area contributed by atoms with Crippen LogP contribution in [-0.4, -0.2) is 29.1 Å². The predicted octanol–water partition coefficient (Wildman–Crippen LogP) is 2.42. The highest BCUT2D eigenvalue weighted by Gasteiger charge is 2.24. The topological polar surface area (TPSA) is 106 Å². The summed E-state index contributed by atoms with van der Waals surface area (Å²) in [7, 11) is 0. The van der Waals surface area contributed by atoms with E-state index in [1.807, 2.05) is 13.0 Å². The van der Waals surface area contributed by atoms with E-state index in [2.05, 4.69) is 5.32 Å². The van der Waals surface area contributed by atoms with E-state index in [4.69, 9.17) is 14.3 Å². The Balaban J connectivity index is 1.76. The Morgan fingerprint density at radius 2 is 2.04 bits per heavy atom. The molecule has 7 heteroatoms. The Bertz CT molecular complexity index is 932. The molecule has 1 aliphatic carbocycles. The van der Waals surface area contributed by atoms with Crippen LogP contribution in [0.15, 0.2) is 27.4 Å². The van der Waals surface area contributed by atoms with E-state index in [1.165, 1.54) is 0 Å². The molecule has 0 saturated carbocycles. The van der Waals surface area contributed by atoms with Gasteiger partial charge in [-0.3, -0.25) is 4.79 Å². The van der Waals surface area contributed by atoms with Crippen LogP contribution in [0.5, 0.6) is 5.75 Å². The van der Waals surface area contributed by atoms with Gasteiger partial charge in [0.25, 0.3) is 5.91 Å². The van der Waals surface area contributed by atoms with Gasteiger partial charge in [-0.05, 0) is 50.3 Å². The first-order valence-corrected chi connectivity index (χ1v) is 9.19. The Morgan fingerprint density at radius 3 is 2.74 bits per heavy atom. The zero-order valence-electron chi connectivity index (χ0n) is 15.4. The lowest BCUT2D eigenvalue weighted by Crippen LogP contribution is -2.46. The van der Waals surface area contributed by atoms with Gasteiger partial charge in [0.15, 0.2) is 6.10 Å². The first kappa shape index (κ1) is 18.9. The van der Waals surface area contributed by atoms with E-state index >= 15 is 0 Å². The maximum absolute atomic E-state index is 12.2. The highest BCUT2D eigenvalue weighted by molar-refractivity contribution is 5.86. The van der Waals surface area contributed by atoms with E-state index in [0.717, 1.165) is 35.8 Å². The molecule has 3 rings (SSSR count). The molecule has 0 saturated heterocycles. The fourth-order valence-corrected chi connectivity index (χ4v) is 3.43. The van der Waals surface area contributed by atoms with Crippen molar-refractivity contribution in [3.05, 3.63) is 39.7 Å². The van der Waals surface area contributed by atoms with Gasteiger partial charge in [0.2, 0.25) is 0 Å². The van der Waals surface area contributed by atoms with Crippen molar-refractivity contribution in [1.82, 2.24) is 5.32 Å². The first-order chi connectivity index (χ1) is 12.9. The number of fused-ring (bicyclic) bond motifs is 3. The molecule has 0 unspecified atom stereocenters. The van der Waals surface area contributed by atoms with Crippen molar-refractivity contribution in [3.8, 4) is 5.75 Å². The van der Waals surface area contributed by atoms with Crippen molar-refractivity contribution in [2.45, 2.75) is 58.1 Å². The molecule has 1 aromatic carbocycles. The second kappa shape index (κ2) is 7.82. The smallest absolute Gasteiger partial charge is 0.339 e. The molecule has 0 radical (unpaired) electrons. The molecule has 7 nitrogen and oxygen atoms in total. The van der Waals surface area contributed by atoms with E-state index in [1.54, 1.807) is 19.1 Å². The second-order valence-corrected chi connectivity index (χ2v) is 6.81. The van der Waals surface area contributed by atoms with Crippen molar-refractivity contribution in [3.63, 3.8) is 0 Å². The Labute approximate surface area is 156 Å². The number of aryl methyl sites for hydroxylation is 1. The lowest BCUT2D eigenvalue weighted by atomic mass is 10.1. The van der Waals surface area contributed by atoms with Crippen LogP contribution in [0.3, 0.4) is 0 Å². The van der Waals surface area contributed by atoms with Gasteiger partial charge in [-0.15, -0.1) is 0 Å². The van der Waals surface area contributed by atoms with Crippen LogP contribution in [0, 0.1) is 0 Å². The van der Waals surface area contributed by atoms with Crippen LogP contribution < -0.4 is 15.7 Å². The second-order valence-electron chi connectivity index (χ2n) is 6.81. The first-order valence-electron chi connectivity index (χ1n) is 9.19. The summed E-state index contributed by atoms with van der Waals surface area (Å²) in [5, 5.41) is 12.5. The number of ether oxygens (including phenoxy) is 1. The van der Waals surface area contributed by atoms with Crippen LogP contribution in [-0.2, 0) is 22.4 Å². The summed E-state index contributed by atoms with van der Waals surface area (Å²) >= 11 is 0. The lowest BCUT2D eigenvalue weighted by Gasteiger charge is -2.18. The summed E-state index contributed by atoms with van der Waals surface area (Å²) in [6.07, 6.45) is 2.63. The van der Waals surface area contributed by atoms with Gasteiger partial charge in [0.05, 0.1) is 0 Å². The summed E-state index contributed by atoms with van der Waals surface area (Å²) in [6.45, 7) is 3.39. The third-order valence-electron chi connectivity index (χ3n) is 4.82. The third-order valence-corrected chi connectivity index (χ3v) is 4.82. The third kappa shape index (κ3) is 3.97. The summed E-state index contributed by atoms with van der Waals surface area (Å²) in [4.78, 5) is 35.5. The quantitative estimate of drug-likeness (QED) is 0.722. The average Bonchev–Trinajstić information content (AvgIpc) is 3.11. The lowest BCUT2D eigenvalue weighted by molar-refractivity contribution is -0.143. The monoisotopic (exact) mass is 373 g/mol. The van der Waals surface area contributed by atoms with E-state index < -0.39 is 24.0 Å². The van der Waals surface area contributed by atoms with Crippen molar-refractivity contribution >= 4 is 22.8 Å². The molecule has 2 atom stereocenters. The Kier molecular flexibility index (Phi) is 5.48. The Morgan fingerprint density at radius 1 is 1.30 bits per heavy atom. The van der Waals surface area contributed by atoms with Crippen LogP contribution >= 0.6 is 0 Å². The number of carboxylic acids is 1. The number of hydrogen-bond acceptors (Lipinski definition) is 5. The Hall–Kier alpha value is -2.83. The number of carboxylic acid groups (broad SMARTS) is 1. The van der Waals surface area contributed by atoms with Crippen molar-refractivity contribution in [1.29, 1.82) is 0 Å². The molecule has 2 aromatic rings. The normalized spacial score (nSPS) is 15.2. The molecule has 2 N–H and O–H groups in total. The molecule has 1 aromatic heterocycles. The van der Waals surface area contributed by atoms with Gasteiger partial charge in [-0.1, -0.05) is 13.3 Å². The van der Waals surface area contributed by atoms with Gasteiger partial charge >= 0.3 is 11.6 Å². The number of amides is 1. The number of rotatable bonds is 7. The maximum atomic E-state index is 12.2. The molecule has 1 aliphatic rings. The van der Waals surface area contributed by atoms with Gasteiger partial charge in [0, 0.05) is 17.0 Å². The highest BCUT2D eigenvalue weighted by Crippen LogP contribution is 2.29. The van der Waals surface area contributed by atoms with Crippen LogP contribution in [0.25, 0.3) is 11.0 Å². The summed E-state index contributed by atoms with van der Waals surface area (Å²) in [5.41, 5.74) is 1.89. The number of benzene rings is 1. The predicted molar refractivity (Wildman–Crippen MR) is 99.1 cm³/mol.